The summed E-state index contributed by atoms with van der Waals surface area (Å²) in [6, 6.07) is 4.89. The third kappa shape index (κ3) is 3.19. The van der Waals surface area contributed by atoms with Crippen molar-refractivity contribution >= 4 is 27.7 Å². The molecule has 3 N–H and O–H groups in total. The van der Waals surface area contributed by atoms with Crippen LogP contribution >= 0.6 is 0 Å². The van der Waals surface area contributed by atoms with Gasteiger partial charge in [-0.1, -0.05) is 0 Å². The van der Waals surface area contributed by atoms with Crippen molar-refractivity contribution in [3.63, 3.8) is 0 Å². The zero-order valence-corrected chi connectivity index (χ0v) is 13.3. The first kappa shape index (κ1) is 15.8. The van der Waals surface area contributed by atoms with Crippen LogP contribution in [-0.2, 0) is 10.2 Å². The zero-order chi connectivity index (χ0) is 16.6. The Morgan fingerprint density at radius 2 is 2.26 bits per heavy atom. The van der Waals surface area contributed by atoms with Gasteiger partial charge in [-0.15, -0.1) is 0 Å². The summed E-state index contributed by atoms with van der Waals surface area (Å²) in [5.41, 5.74) is 1.11. The van der Waals surface area contributed by atoms with E-state index < -0.39 is 16.3 Å². The largest absolute Gasteiger partial charge is 0.485 e. The first-order chi connectivity index (χ1) is 10.9. The summed E-state index contributed by atoms with van der Waals surface area (Å²) in [5, 5.41) is 14.1. The van der Waals surface area contributed by atoms with Crippen molar-refractivity contribution in [2.45, 2.75) is 6.10 Å². The lowest BCUT2D eigenvalue weighted by atomic mass is 10.2. The van der Waals surface area contributed by atoms with E-state index in [1.54, 1.807) is 25.2 Å². The molecular weight excluding hydrogens is 324 g/mol. The fraction of sp³-hybridized carbons (Fsp3) is 0.462. The molecule has 0 spiro atoms. The number of nitrogens with one attached hydrogen (secondary N) is 2. The van der Waals surface area contributed by atoms with Crippen LogP contribution in [-0.4, -0.2) is 67.6 Å². The van der Waals surface area contributed by atoms with Gasteiger partial charge in [-0.3, -0.25) is 5.32 Å². The van der Waals surface area contributed by atoms with Gasteiger partial charge >= 0.3 is 6.09 Å². The van der Waals surface area contributed by atoms with Crippen molar-refractivity contribution < 1.29 is 23.1 Å². The predicted molar refractivity (Wildman–Crippen MR) is 84.1 cm³/mol. The van der Waals surface area contributed by atoms with Gasteiger partial charge in [-0.25, -0.2) is 4.79 Å². The normalized spacial score (nSPS) is 23.6. The summed E-state index contributed by atoms with van der Waals surface area (Å²) < 4.78 is 32.7. The number of anilines is 2. The van der Waals surface area contributed by atoms with Crippen molar-refractivity contribution in [1.29, 1.82) is 0 Å². The first-order valence-electron chi connectivity index (χ1n) is 7.12. The number of hydrogen-bond donors (Lipinski definition) is 3. The molecule has 0 radical (unpaired) electrons. The number of nitrogens with zero attached hydrogens (tertiary/aromatic N) is 2. The molecule has 9 nitrogen and oxygen atoms in total. The molecule has 0 saturated carbocycles. The second-order valence-electron chi connectivity index (χ2n) is 5.45. The van der Waals surface area contributed by atoms with Gasteiger partial charge in [-0.2, -0.15) is 17.0 Å². The number of likely N-dealkylation sites (N-methyl/N-ethyl adjacent to an activating group) is 1. The maximum atomic E-state index is 12.1. The Labute approximate surface area is 134 Å². The number of ether oxygens (including phenoxy) is 1. The van der Waals surface area contributed by atoms with E-state index >= 15 is 0 Å². The molecule has 2 heterocycles. The molecule has 1 saturated heterocycles. The molecule has 1 atom stereocenters. The summed E-state index contributed by atoms with van der Waals surface area (Å²) >= 11 is 0. The SMILES string of the molecule is CN1CCN(CC2CNc3cc(NC(=O)O)ccc3O2)S1(=O)=O. The Hall–Kier alpha value is -2.04. The topological polar surface area (TPSA) is 111 Å². The Morgan fingerprint density at radius 1 is 1.48 bits per heavy atom. The van der Waals surface area contributed by atoms with Crippen molar-refractivity contribution in [1.82, 2.24) is 8.61 Å². The molecule has 1 amide bonds. The highest BCUT2D eigenvalue weighted by Crippen LogP contribution is 2.32. The molecule has 3 rings (SSSR count). The number of fused-ring (bicyclic) bond motifs is 1. The number of hydrogen-bond acceptors (Lipinski definition) is 5. The lowest BCUT2D eigenvalue weighted by Crippen LogP contribution is -2.43. The van der Waals surface area contributed by atoms with E-state index in [-0.39, 0.29) is 12.6 Å². The lowest BCUT2D eigenvalue weighted by Gasteiger charge is -2.30. The minimum atomic E-state index is -3.38. The average molecular weight is 342 g/mol. The molecule has 1 fully saturated rings. The van der Waals surface area contributed by atoms with Gasteiger partial charge in [0.2, 0.25) is 0 Å². The molecular formula is C13H18N4O5S. The predicted octanol–water partition coefficient (Wildman–Crippen LogP) is 0.442. The van der Waals surface area contributed by atoms with E-state index in [2.05, 4.69) is 10.6 Å². The minimum absolute atomic E-state index is 0.272. The summed E-state index contributed by atoms with van der Waals surface area (Å²) in [4.78, 5) is 10.6. The molecule has 0 aliphatic carbocycles. The Bertz CT molecular complexity index is 723. The van der Waals surface area contributed by atoms with Crippen LogP contribution in [0.1, 0.15) is 0 Å². The quantitative estimate of drug-likeness (QED) is 0.735. The highest BCUT2D eigenvalue weighted by Gasteiger charge is 2.36. The molecule has 126 valence electrons. The van der Waals surface area contributed by atoms with Crippen LogP contribution in [0.5, 0.6) is 5.75 Å². The lowest BCUT2D eigenvalue weighted by molar-refractivity contribution is 0.178. The van der Waals surface area contributed by atoms with E-state index in [0.29, 0.717) is 36.8 Å². The van der Waals surface area contributed by atoms with Crippen LogP contribution in [0.15, 0.2) is 18.2 Å². The number of rotatable bonds is 3. The van der Waals surface area contributed by atoms with Gasteiger partial charge in [0, 0.05) is 25.8 Å². The van der Waals surface area contributed by atoms with Crippen LogP contribution in [0.3, 0.4) is 0 Å². The maximum Gasteiger partial charge on any atom is 0.409 e. The molecule has 1 unspecified atom stereocenters. The zero-order valence-electron chi connectivity index (χ0n) is 12.5. The molecule has 23 heavy (non-hydrogen) atoms. The van der Waals surface area contributed by atoms with Crippen LogP contribution < -0.4 is 15.4 Å². The van der Waals surface area contributed by atoms with Crippen LogP contribution in [0, 0.1) is 0 Å². The summed E-state index contributed by atoms with van der Waals surface area (Å²) in [6.07, 6.45) is -1.44. The molecule has 1 aromatic rings. The monoisotopic (exact) mass is 342 g/mol. The van der Waals surface area contributed by atoms with Crippen LogP contribution in [0.25, 0.3) is 0 Å². The fourth-order valence-corrected chi connectivity index (χ4v) is 3.99. The second kappa shape index (κ2) is 5.87. The van der Waals surface area contributed by atoms with E-state index in [1.807, 2.05) is 0 Å². The van der Waals surface area contributed by atoms with Gasteiger partial charge in [0.05, 0.1) is 18.8 Å². The standard InChI is InChI=1S/C13H18N4O5S/c1-16-4-5-17(23(16,20)21)8-10-7-14-11-6-9(15-13(18)19)2-3-12(11)22-10/h2-3,6,10,14-15H,4-5,7-8H2,1H3,(H,18,19). The molecule has 1 aromatic carbocycles. The van der Waals surface area contributed by atoms with Crippen molar-refractivity contribution in [2.75, 3.05) is 43.9 Å². The highest BCUT2D eigenvalue weighted by atomic mass is 32.2. The Balaban J connectivity index is 1.68. The molecule has 0 bridgehead atoms. The summed E-state index contributed by atoms with van der Waals surface area (Å²) in [6.45, 7) is 1.64. The molecule has 2 aliphatic heterocycles. The molecule has 0 aromatic heterocycles. The number of amides is 1. The molecule has 10 heteroatoms. The van der Waals surface area contributed by atoms with Gasteiger partial charge in [-0.05, 0) is 18.2 Å². The van der Waals surface area contributed by atoms with E-state index in [9.17, 15) is 13.2 Å². The van der Waals surface area contributed by atoms with Crippen molar-refractivity contribution in [3.05, 3.63) is 18.2 Å². The third-order valence-electron chi connectivity index (χ3n) is 3.84. The summed E-state index contributed by atoms with van der Waals surface area (Å²) in [7, 11) is -1.82. The van der Waals surface area contributed by atoms with Crippen LogP contribution in [0.2, 0.25) is 0 Å². The fourth-order valence-electron chi connectivity index (χ4n) is 2.61. The Morgan fingerprint density at radius 3 is 2.91 bits per heavy atom. The van der Waals surface area contributed by atoms with Crippen molar-refractivity contribution in [2.24, 2.45) is 0 Å². The van der Waals surface area contributed by atoms with E-state index in [0.717, 1.165) is 0 Å². The van der Waals surface area contributed by atoms with Crippen LogP contribution in [0.4, 0.5) is 16.2 Å². The van der Waals surface area contributed by atoms with Gasteiger partial charge in [0.1, 0.15) is 11.9 Å². The summed E-state index contributed by atoms with van der Waals surface area (Å²) in [5.74, 6) is 0.571. The third-order valence-corrected chi connectivity index (χ3v) is 5.79. The number of carbonyl (C=O) groups is 1. The Kier molecular flexibility index (Phi) is 4.04. The first-order valence-corrected chi connectivity index (χ1v) is 8.52. The van der Waals surface area contributed by atoms with Gasteiger partial charge < -0.3 is 15.2 Å². The van der Waals surface area contributed by atoms with Crippen molar-refractivity contribution in [3.8, 4) is 5.75 Å². The number of benzene rings is 1. The second-order valence-corrected chi connectivity index (χ2v) is 7.48. The molecule has 2 aliphatic rings. The van der Waals surface area contributed by atoms with E-state index in [1.165, 1.54) is 8.61 Å². The highest BCUT2D eigenvalue weighted by molar-refractivity contribution is 7.87. The van der Waals surface area contributed by atoms with E-state index in [4.69, 9.17) is 9.84 Å². The maximum absolute atomic E-state index is 12.1. The minimum Gasteiger partial charge on any atom is -0.485 e. The van der Waals surface area contributed by atoms with Gasteiger partial charge in [0.25, 0.3) is 10.2 Å². The van der Waals surface area contributed by atoms with Gasteiger partial charge in [0.15, 0.2) is 0 Å². The smallest absolute Gasteiger partial charge is 0.409 e. The number of carboxylic acid groups (broad SMARTS) is 1. The average Bonchev–Trinajstić information content (AvgIpc) is 2.73.